The van der Waals surface area contributed by atoms with Crippen molar-refractivity contribution in [2.75, 3.05) is 0 Å². The van der Waals surface area contributed by atoms with Crippen molar-refractivity contribution in [3.05, 3.63) is 36.5 Å². The lowest BCUT2D eigenvalue weighted by atomic mass is 9.69. The molecule has 3 unspecified atom stereocenters. The monoisotopic (exact) mass is 218 g/mol. The van der Waals surface area contributed by atoms with Gasteiger partial charge in [-0.3, -0.25) is 0 Å². The molecule has 0 saturated heterocycles. The first-order valence-electron chi connectivity index (χ1n) is 6.62. The summed E-state index contributed by atoms with van der Waals surface area (Å²) in [5, 5.41) is 0. The van der Waals surface area contributed by atoms with E-state index >= 15 is 0 Å². The van der Waals surface area contributed by atoms with Crippen molar-refractivity contribution in [2.45, 2.75) is 47.0 Å². The van der Waals surface area contributed by atoms with Gasteiger partial charge in [0.25, 0.3) is 0 Å². The third-order valence-corrected chi connectivity index (χ3v) is 4.37. The zero-order chi connectivity index (χ0) is 12.2. The highest BCUT2D eigenvalue weighted by Crippen LogP contribution is 2.41. The van der Waals surface area contributed by atoms with Gasteiger partial charge in [-0.05, 0) is 30.3 Å². The van der Waals surface area contributed by atoms with E-state index in [1.54, 1.807) is 0 Å². The Bertz CT molecular complexity index is 295. The first-order chi connectivity index (χ1) is 7.59. The smallest absolute Gasteiger partial charge is 0.0122 e. The molecular weight excluding hydrogens is 192 g/mol. The van der Waals surface area contributed by atoms with Gasteiger partial charge in [-0.25, -0.2) is 0 Å². The van der Waals surface area contributed by atoms with Crippen LogP contribution in [0, 0.1) is 17.3 Å². The summed E-state index contributed by atoms with van der Waals surface area (Å²) >= 11 is 0. The summed E-state index contributed by atoms with van der Waals surface area (Å²) in [4.78, 5) is 0. The SMILES string of the molecule is C=CC1(C(C)CC)C=CC(C(C)CC)=CC1. The average Bonchev–Trinajstić information content (AvgIpc) is 2.36. The van der Waals surface area contributed by atoms with E-state index in [1.807, 2.05) is 0 Å². The minimum atomic E-state index is 0.200. The Balaban J connectivity index is 2.83. The van der Waals surface area contributed by atoms with E-state index in [4.69, 9.17) is 0 Å². The van der Waals surface area contributed by atoms with Crippen LogP contribution >= 0.6 is 0 Å². The number of hydrogen-bond acceptors (Lipinski definition) is 0. The average molecular weight is 218 g/mol. The largest absolute Gasteiger partial charge is 0.102 e. The molecule has 0 radical (unpaired) electrons. The lowest BCUT2D eigenvalue weighted by molar-refractivity contribution is 0.311. The van der Waals surface area contributed by atoms with Crippen molar-refractivity contribution in [1.29, 1.82) is 0 Å². The minimum Gasteiger partial charge on any atom is -0.102 e. The second kappa shape index (κ2) is 5.52. The summed E-state index contributed by atoms with van der Waals surface area (Å²) in [6, 6.07) is 0. The lowest BCUT2D eigenvalue weighted by Gasteiger charge is -2.35. The zero-order valence-corrected chi connectivity index (χ0v) is 11.3. The fourth-order valence-electron chi connectivity index (χ4n) is 2.38. The van der Waals surface area contributed by atoms with E-state index in [0.717, 1.165) is 6.42 Å². The second-order valence-corrected chi connectivity index (χ2v) is 5.18. The van der Waals surface area contributed by atoms with Gasteiger partial charge in [0.05, 0.1) is 0 Å². The van der Waals surface area contributed by atoms with E-state index in [0.29, 0.717) is 11.8 Å². The molecule has 0 fully saturated rings. The third kappa shape index (κ3) is 2.48. The molecule has 90 valence electrons. The van der Waals surface area contributed by atoms with Crippen molar-refractivity contribution in [2.24, 2.45) is 17.3 Å². The van der Waals surface area contributed by atoms with Crippen LogP contribution in [-0.2, 0) is 0 Å². The van der Waals surface area contributed by atoms with E-state index in [1.165, 1.54) is 18.4 Å². The molecule has 0 heterocycles. The molecule has 0 aromatic carbocycles. The predicted molar refractivity (Wildman–Crippen MR) is 73.4 cm³/mol. The Kier molecular flexibility index (Phi) is 4.58. The number of allylic oxidation sites excluding steroid dienone is 5. The van der Waals surface area contributed by atoms with E-state index in [2.05, 4.69) is 58.6 Å². The number of hydrogen-bond donors (Lipinski definition) is 0. The van der Waals surface area contributed by atoms with Gasteiger partial charge >= 0.3 is 0 Å². The summed E-state index contributed by atoms with van der Waals surface area (Å²) in [6.07, 6.45) is 12.8. The quantitative estimate of drug-likeness (QED) is 0.561. The highest BCUT2D eigenvalue weighted by molar-refractivity contribution is 5.31. The van der Waals surface area contributed by atoms with Crippen LogP contribution in [-0.4, -0.2) is 0 Å². The van der Waals surface area contributed by atoms with Crippen molar-refractivity contribution in [1.82, 2.24) is 0 Å². The van der Waals surface area contributed by atoms with Gasteiger partial charge in [0, 0.05) is 5.41 Å². The molecule has 3 atom stereocenters. The molecular formula is C16H26. The topological polar surface area (TPSA) is 0 Å². The van der Waals surface area contributed by atoms with Crippen LogP contribution in [0.3, 0.4) is 0 Å². The molecule has 1 aliphatic rings. The zero-order valence-electron chi connectivity index (χ0n) is 11.3. The van der Waals surface area contributed by atoms with Crippen molar-refractivity contribution >= 4 is 0 Å². The van der Waals surface area contributed by atoms with Crippen molar-refractivity contribution < 1.29 is 0 Å². The Morgan fingerprint density at radius 2 is 2.06 bits per heavy atom. The molecule has 0 aromatic heterocycles. The molecule has 0 bridgehead atoms. The summed E-state index contributed by atoms with van der Waals surface area (Å²) in [5.41, 5.74) is 1.70. The molecule has 0 N–H and O–H groups in total. The summed E-state index contributed by atoms with van der Waals surface area (Å²) < 4.78 is 0. The van der Waals surface area contributed by atoms with E-state index < -0.39 is 0 Å². The Labute approximate surface area is 101 Å². The van der Waals surface area contributed by atoms with Gasteiger partial charge in [-0.15, -0.1) is 6.58 Å². The van der Waals surface area contributed by atoms with Crippen LogP contribution in [0.15, 0.2) is 36.5 Å². The summed E-state index contributed by atoms with van der Waals surface area (Å²) in [7, 11) is 0. The fraction of sp³-hybridized carbons (Fsp3) is 0.625. The van der Waals surface area contributed by atoms with Crippen LogP contribution in [0.4, 0.5) is 0 Å². The lowest BCUT2D eigenvalue weighted by Crippen LogP contribution is -2.25. The second-order valence-electron chi connectivity index (χ2n) is 5.18. The molecule has 0 aromatic rings. The molecule has 1 aliphatic carbocycles. The summed E-state index contributed by atoms with van der Waals surface area (Å²) in [6.45, 7) is 13.2. The fourth-order valence-corrected chi connectivity index (χ4v) is 2.38. The first-order valence-corrected chi connectivity index (χ1v) is 6.62. The highest BCUT2D eigenvalue weighted by atomic mass is 14.3. The van der Waals surface area contributed by atoms with Crippen LogP contribution in [0.2, 0.25) is 0 Å². The third-order valence-electron chi connectivity index (χ3n) is 4.37. The normalized spacial score (nSPS) is 28.4. The van der Waals surface area contributed by atoms with Gasteiger partial charge in [-0.2, -0.15) is 0 Å². The maximum absolute atomic E-state index is 4.04. The van der Waals surface area contributed by atoms with Gasteiger partial charge in [0.2, 0.25) is 0 Å². The van der Waals surface area contributed by atoms with Crippen LogP contribution in [0.5, 0.6) is 0 Å². The van der Waals surface area contributed by atoms with Gasteiger partial charge < -0.3 is 0 Å². The molecule has 0 spiro atoms. The van der Waals surface area contributed by atoms with E-state index in [9.17, 15) is 0 Å². The molecule has 0 saturated carbocycles. The molecule has 1 rings (SSSR count). The van der Waals surface area contributed by atoms with Gasteiger partial charge in [0.15, 0.2) is 0 Å². The van der Waals surface area contributed by atoms with Crippen LogP contribution < -0.4 is 0 Å². The first kappa shape index (κ1) is 13.3. The molecule has 0 nitrogen and oxygen atoms in total. The Morgan fingerprint density at radius 1 is 1.38 bits per heavy atom. The van der Waals surface area contributed by atoms with Crippen molar-refractivity contribution in [3.8, 4) is 0 Å². The van der Waals surface area contributed by atoms with Crippen LogP contribution in [0.1, 0.15) is 47.0 Å². The number of rotatable bonds is 5. The maximum atomic E-state index is 4.04. The Morgan fingerprint density at radius 3 is 2.44 bits per heavy atom. The van der Waals surface area contributed by atoms with Gasteiger partial charge in [0.1, 0.15) is 0 Å². The van der Waals surface area contributed by atoms with Crippen molar-refractivity contribution in [3.63, 3.8) is 0 Å². The standard InChI is InChI=1S/C16H26/c1-6-13(4)15-9-11-16(8-3,12-10-15)14(5)7-2/h8-11,13-14H,3,6-7,12H2,1-2,4-5H3. The molecule has 0 heteroatoms. The Hall–Kier alpha value is -0.780. The maximum Gasteiger partial charge on any atom is 0.0122 e. The molecule has 16 heavy (non-hydrogen) atoms. The molecule has 0 amide bonds. The highest BCUT2D eigenvalue weighted by Gasteiger charge is 2.30. The van der Waals surface area contributed by atoms with Gasteiger partial charge in [-0.1, -0.05) is 58.4 Å². The molecule has 0 aliphatic heterocycles. The summed E-state index contributed by atoms with van der Waals surface area (Å²) in [5.74, 6) is 1.37. The minimum absolute atomic E-state index is 0.200. The van der Waals surface area contributed by atoms with E-state index in [-0.39, 0.29) is 5.41 Å². The predicted octanol–water partition coefficient (Wildman–Crippen LogP) is 5.14. The van der Waals surface area contributed by atoms with Crippen LogP contribution in [0.25, 0.3) is 0 Å².